The number of nitrogens with two attached hydrogens (primary N) is 1. The predicted octanol–water partition coefficient (Wildman–Crippen LogP) is 2.43. The van der Waals surface area contributed by atoms with Gasteiger partial charge in [-0.3, -0.25) is 4.79 Å². The Morgan fingerprint density at radius 2 is 2.00 bits per heavy atom. The molecule has 172 valence electrons. The molecule has 0 bridgehead atoms. The molecule has 2 aliphatic heterocycles. The van der Waals surface area contributed by atoms with Crippen molar-refractivity contribution < 1.29 is 4.79 Å². The number of primary amides is 1. The first-order chi connectivity index (χ1) is 15.9. The second kappa shape index (κ2) is 8.47. The van der Waals surface area contributed by atoms with Crippen LogP contribution >= 0.6 is 0 Å². The lowest BCUT2D eigenvalue weighted by Gasteiger charge is -2.28. The Kier molecular flexibility index (Phi) is 5.49. The number of amides is 1. The predicted molar refractivity (Wildman–Crippen MR) is 128 cm³/mol. The highest BCUT2D eigenvalue weighted by molar-refractivity contribution is 5.84. The number of anilines is 3. The molecule has 1 fully saturated rings. The molecule has 4 N–H and O–H groups in total. The highest BCUT2D eigenvalue weighted by Crippen LogP contribution is 2.31. The van der Waals surface area contributed by atoms with Crippen LogP contribution in [0.4, 0.5) is 17.6 Å². The third-order valence-electron chi connectivity index (χ3n) is 6.80. The molecule has 1 aromatic carbocycles. The maximum absolute atomic E-state index is 12.0. The van der Waals surface area contributed by atoms with Crippen LogP contribution in [0, 0.1) is 20.8 Å². The molecule has 0 spiro atoms. The van der Waals surface area contributed by atoms with Crippen molar-refractivity contribution in [3.05, 3.63) is 52.6 Å². The summed E-state index contributed by atoms with van der Waals surface area (Å²) < 4.78 is 1.99. The van der Waals surface area contributed by atoms with Gasteiger partial charge in [0.15, 0.2) is 5.82 Å². The summed E-state index contributed by atoms with van der Waals surface area (Å²) in [6.45, 7) is 8.70. The summed E-state index contributed by atoms with van der Waals surface area (Å²) in [5.74, 6) is 1.64. The lowest BCUT2D eigenvalue weighted by atomic mass is 10.0. The average molecular weight is 447 g/mol. The lowest BCUT2D eigenvalue weighted by Crippen LogP contribution is -2.42. The van der Waals surface area contributed by atoms with Crippen LogP contribution in [0.2, 0.25) is 0 Å². The largest absolute Gasteiger partial charge is 0.368 e. The van der Waals surface area contributed by atoms with Crippen molar-refractivity contribution in [2.45, 2.75) is 52.6 Å². The van der Waals surface area contributed by atoms with Gasteiger partial charge >= 0.3 is 0 Å². The molecule has 3 aromatic rings. The summed E-state index contributed by atoms with van der Waals surface area (Å²) >= 11 is 0. The van der Waals surface area contributed by atoms with E-state index >= 15 is 0 Å². The Labute approximate surface area is 193 Å². The number of benzene rings is 1. The summed E-state index contributed by atoms with van der Waals surface area (Å²) in [5, 5.41) is 6.67. The molecule has 0 radical (unpaired) electrons. The van der Waals surface area contributed by atoms with Crippen LogP contribution in [0.25, 0.3) is 5.69 Å². The molecular formula is C24H30N8O. The third kappa shape index (κ3) is 4.04. The number of rotatable bonds is 5. The number of nitrogens with zero attached hydrogens (tertiary/aromatic N) is 5. The van der Waals surface area contributed by atoms with E-state index in [-0.39, 0.29) is 11.9 Å². The molecule has 33 heavy (non-hydrogen) atoms. The van der Waals surface area contributed by atoms with Crippen molar-refractivity contribution in [1.82, 2.24) is 24.8 Å². The van der Waals surface area contributed by atoms with Gasteiger partial charge in [0.25, 0.3) is 0 Å². The molecule has 1 amide bonds. The molecule has 0 saturated carbocycles. The number of imidazole rings is 1. The number of aryl methyl sites for hydroxylation is 2. The number of hydrogen-bond donors (Lipinski definition) is 3. The van der Waals surface area contributed by atoms with Crippen molar-refractivity contribution in [3.8, 4) is 5.69 Å². The van der Waals surface area contributed by atoms with Crippen LogP contribution in [-0.2, 0) is 17.8 Å². The highest BCUT2D eigenvalue weighted by Gasteiger charge is 2.33. The van der Waals surface area contributed by atoms with Gasteiger partial charge in [-0.1, -0.05) is 0 Å². The summed E-state index contributed by atoms with van der Waals surface area (Å²) in [7, 11) is 0. The van der Waals surface area contributed by atoms with E-state index in [0.717, 1.165) is 55.1 Å². The summed E-state index contributed by atoms with van der Waals surface area (Å²) in [6, 6.07) is 3.99. The van der Waals surface area contributed by atoms with Crippen molar-refractivity contribution in [2.24, 2.45) is 5.73 Å². The van der Waals surface area contributed by atoms with Crippen LogP contribution in [0.1, 0.15) is 40.8 Å². The summed E-state index contributed by atoms with van der Waals surface area (Å²) in [4.78, 5) is 28.2. The smallest absolute Gasteiger partial charge is 0.240 e. The monoisotopic (exact) mass is 446 g/mol. The van der Waals surface area contributed by atoms with Gasteiger partial charge in [0.2, 0.25) is 11.9 Å². The lowest BCUT2D eigenvalue weighted by molar-refractivity contribution is -0.119. The first-order valence-electron chi connectivity index (χ1n) is 11.5. The highest BCUT2D eigenvalue weighted by atomic mass is 16.1. The van der Waals surface area contributed by atoms with Gasteiger partial charge in [-0.05, 0) is 62.4 Å². The van der Waals surface area contributed by atoms with Crippen molar-refractivity contribution >= 4 is 23.5 Å². The average Bonchev–Trinajstić information content (AvgIpc) is 3.46. The Balaban J connectivity index is 1.47. The zero-order valence-electron chi connectivity index (χ0n) is 19.4. The Morgan fingerprint density at radius 1 is 1.21 bits per heavy atom. The number of carbonyl (C=O) groups is 1. The van der Waals surface area contributed by atoms with Crippen molar-refractivity contribution in [3.63, 3.8) is 0 Å². The van der Waals surface area contributed by atoms with Crippen LogP contribution in [0.5, 0.6) is 0 Å². The van der Waals surface area contributed by atoms with E-state index < -0.39 is 0 Å². The number of hydrogen-bond acceptors (Lipinski definition) is 7. The van der Waals surface area contributed by atoms with E-state index in [1.807, 2.05) is 15.7 Å². The number of nitrogens with one attached hydrogen (secondary N) is 2. The molecular weight excluding hydrogens is 416 g/mol. The van der Waals surface area contributed by atoms with Gasteiger partial charge in [-0.15, -0.1) is 0 Å². The third-order valence-corrected chi connectivity index (χ3v) is 6.80. The summed E-state index contributed by atoms with van der Waals surface area (Å²) in [6.07, 6.45) is 6.21. The van der Waals surface area contributed by atoms with Crippen molar-refractivity contribution in [2.75, 3.05) is 23.3 Å². The second-order valence-electron chi connectivity index (χ2n) is 8.97. The van der Waals surface area contributed by atoms with E-state index in [9.17, 15) is 4.79 Å². The molecule has 2 aliphatic rings. The van der Waals surface area contributed by atoms with Gasteiger partial charge in [0.05, 0.1) is 11.9 Å². The Bertz CT molecular complexity index is 1190. The molecule has 9 nitrogen and oxygen atoms in total. The fourth-order valence-electron chi connectivity index (χ4n) is 4.74. The maximum atomic E-state index is 12.0. The minimum atomic E-state index is -0.328. The molecule has 0 aliphatic carbocycles. The van der Waals surface area contributed by atoms with E-state index in [2.05, 4.69) is 48.5 Å². The normalized spacial score (nSPS) is 17.8. The molecule has 4 heterocycles. The van der Waals surface area contributed by atoms with Crippen LogP contribution in [0.15, 0.2) is 24.7 Å². The number of aromatic nitrogens is 4. The van der Waals surface area contributed by atoms with E-state index in [4.69, 9.17) is 15.7 Å². The number of carbonyl (C=O) groups excluding carboxylic acids is 1. The van der Waals surface area contributed by atoms with Gasteiger partial charge in [0.1, 0.15) is 18.2 Å². The van der Waals surface area contributed by atoms with Gasteiger partial charge in [-0.25, -0.2) is 9.97 Å². The Hall–Kier alpha value is -3.46. The molecule has 1 atom stereocenters. The maximum Gasteiger partial charge on any atom is 0.240 e. The molecule has 9 heteroatoms. The molecule has 0 unspecified atom stereocenters. The minimum Gasteiger partial charge on any atom is -0.368 e. The van der Waals surface area contributed by atoms with Crippen LogP contribution in [0.3, 0.4) is 0 Å². The van der Waals surface area contributed by atoms with Gasteiger partial charge in [-0.2, -0.15) is 4.98 Å². The fraction of sp³-hybridized carbons (Fsp3) is 0.417. The second-order valence-corrected chi connectivity index (χ2v) is 8.97. The van der Waals surface area contributed by atoms with E-state index in [1.165, 1.54) is 16.7 Å². The topological polar surface area (TPSA) is 114 Å². The first kappa shape index (κ1) is 21.4. The van der Waals surface area contributed by atoms with E-state index in [0.29, 0.717) is 18.3 Å². The van der Waals surface area contributed by atoms with Crippen molar-refractivity contribution in [1.29, 1.82) is 0 Å². The van der Waals surface area contributed by atoms with E-state index in [1.54, 1.807) is 6.33 Å². The van der Waals surface area contributed by atoms with Crippen LogP contribution in [-0.4, -0.2) is 44.6 Å². The molecule has 5 rings (SSSR count). The first-order valence-corrected chi connectivity index (χ1v) is 11.5. The van der Waals surface area contributed by atoms with Gasteiger partial charge in [0, 0.05) is 37.3 Å². The molecule has 1 saturated heterocycles. The SMILES string of the molecule is Cc1cc(-n2cnc(Nc3nc4c(c(N5CCC[C@H]5C(N)=O)n3)CNCC4)c2)cc(C)c1C. The summed E-state index contributed by atoms with van der Waals surface area (Å²) in [5.41, 5.74) is 12.6. The number of fused-ring (bicyclic) bond motifs is 1. The zero-order chi connectivity index (χ0) is 23.1. The standard InChI is InChI=1S/C24H30N8O/c1-14-9-17(10-15(2)16(14)3)31-12-21(27-13-31)29-24-28-19-6-7-26-11-18(19)23(30-24)32-8-4-5-20(32)22(25)33/h9-10,12-13,20,26H,4-8,11H2,1-3H3,(H2,25,33)(H,28,29,30)/t20-/m0/s1. The van der Waals surface area contributed by atoms with Crippen LogP contribution < -0.4 is 21.3 Å². The van der Waals surface area contributed by atoms with Gasteiger partial charge < -0.3 is 25.8 Å². The molecule has 2 aromatic heterocycles. The fourth-order valence-corrected chi connectivity index (χ4v) is 4.74. The Morgan fingerprint density at radius 3 is 2.76 bits per heavy atom. The zero-order valence-corrected chi connectivity index (χ0v) is 19.4. The quantitative estimate of drug-likeness (QED) is 0.551. The minimum absolute atomic E-state index is 0.305.